The van der Waals surface area contributed by atoms with Crippen molar-refractivity contribution >= 4 is 0 Å². The fourth-order valence-electron chi connectivity index (χ4n) is 1.80. The zero-order chi connectivity index (χ0) is 15.6. The van der Waals surface area contributed by atoms with Crippen molar-refractivity contribution in [3.05, 3.63) is 46.3 Å². The molecule has 0 aliphatic carbocycles. The maximum atomic E-state index is 13.0. The van der Waals surface area contributed by atoms with Crippen LogP contribution in [0, 0.1) is 25.2 Å². The van der Waals surface area contributed by atoms with Crippen molar-refractivity contribution in [1.82, 2.24) is 5.16 Å². The molecular weight excluding hydrogens is 285 g/mol. The highest BCUT2D eigenvalue weighted by atomic mass is 19.4. The monoisotopic (exact) mass is 296 g/mol. The molecule has 7 heteroatoms. The van der Waals surface area contributed by atoms with Gasteiger partial charge in [-0.15, -0.1) is 0 Å². The number of rotatable bonds is 3. The van der Waals surface area contributed by atoms with Crippen LogP contribution < -0.4 is 4.74 Å². The smallest absolute Gasteiger partial charge is 0.420 e. The maximum absolute atomic E-state index is 13.0. The molecule has 0 unspecified atom stereocenters. The molecule has 0 aliphatic rings. The lowest BCUT2D eigenvalue weighted by molar-refractivity contribution is -0.139. The van der Waals surface area contributed by atoms with Gasteiger partial charge in [-0.1, -0.05) is 5.16 Å². The van der Waals surface area contributed by atoms with Crippen LogP contribution in [0.3, 0.4) is 0 Å². The number of nitrogens with zero attached hydrogens (tertiary/aromatic N) is 2. The summed E-state index contributed by atoms with van der Waals surface area (Å²) in [5.41, 5.74) is 0.113. The molecule has 0 N–H and O–H groups in total. The highest BCUT2D eigenvalue weighted by molar-refractivity contribution is 5.43. The van der Waals surface area contributed by atoms with Crippen molar-refractivity contribution in [2.24, 2.45) is 0 Å². The molecule has 1 heterocycles. The minimum atomic E-state index is -4.60. The van der Waals surface area contributed by atoms with Crippen LogP contribution in [0.25, 0.3) is 0 Å². The van der Waals surface area contributed by atoms with Gasteiger partial charge in [0.25, 0.3) is 0 Å². The molecule has 0 radical (unpaired) electrons. The molecule has 21 heavy (non-hydrogen) atoms. The van der Waals surface area contributed by atoms with Crippen LogP contribution in [-0.4, -0.2) is 5.16 Å². The predicted octanol–water partition coefficient (Wildman–Crippen LogP) is 3.76. The van der Waals surface area contributed by atoms with E-state index in [0.717, 1.165) is 12.1 Å². The molecule has 0 saturated heterocycles. The topological polar surface area (TPSA) is 59.1 Å². The Morgan fingerprint density at radius 3 is 2.57 bits per heavy atom. The lowest BCUT2D eigenvalue weighted by Gasteiger charge is -2.14. The second-order valence-electron chi connectivity index (χ2n) is 4.41. The molecule has 0 amide bonds. The van der Waals surface area contributed by atoms with Crippen molar-refractivity contribution in [3.8, 4) is 11.8 Å². The summed E-state index contributed by atoms with van der Waals surface area (Å²) < 4.78 is 49.1. The second-order valence-corrected chi connectivity index (χ2v) is 4.41. The quantitative estimate of drug-likeness (QED) is 0.865. The fraction of sp³-hybridized carbons (Fsp3) is 0.286. The van der Waals surface area contributed by atoms with Gasteiger partial charge in [0, 0.05) is 0 Å². The van der Waals surface area contributed by atoms with Gasteiger partial charge in [-0.05, 0) is 32.0 Å². The number of ether oxygens (including phenoxy) is 1. The summed E-state index contributed by atoms with van der Waals surface area (Å²) in [5.74, 6) is 0.163. The van der Waals surface area contributed by atoms with Crippen molar-refractivity contribution in [1.29, 1.82) is 5.26 Å². The third-order valence-electron chi connectivity index (χ3n) is 2.97. The van der Waals surface area contributed by atoms with Crippen molar-refractivity contribution in [2.45, 2.75) is 26.6 Å². The Balaban J connectivity index is 2.30. The van der Waals surface area contributed by atoms with Gasteiger partial charge in [-0.3, -0.25) is 0 Å². The van der Waals surface area contributed by atoms with Crippen LogP contribution in [0.15, 0.2) is 22.7 Å². The Kier molecular flexibility index (Phi) is 3.89. The van der Waals surface area contributed by atoms with Crippen LogP contribution >= 0.6 is 0 Å². The average Bonchev–Trinajstić information content (AvgIpc) is 2.74. The molecule has 0 atom stereocenters. The number of hydrogen-bond donors (Lipinski definition) is 0. The van der Waals surface area contributed by atoms with Gasteiger partial charge in [0.15, 0.2) is 0 Å². The van der Waals surface area contributed by atoms with Gasteiger partial charge in [0.05, 0.1) is 28.5 Å². The predicted molar refractivity (Wildman–Crippen MR) is 66.5 cm³/mol. The van der Waals surface area contributed by atoms with Crippen LogP contribution in [0.4, 0.5) is 13.2 Å². The maximum Gasteiger partial charge on any atom is 0.420 e. The molecule has 0 aliphatic heterocycles. The largest absolute Gasteiger partial charge is 0.488 e. The number of aromatic nitrogens is 1. The number of nitriles is 1. The summed E-state index contributed by atoms with van der Waals surface area (Å²) in [6.07, 6.45) is -4.60. The average molecular weight is 296 g/mol. The van der Waals surface area contributed by atoms with E-state index in [9.17, 15) is 13.2 Å². The van der Waals surface area contributed by atoms with E-state index in [-0.39, 0.29) is 17.9 Å². The minimum absolute atomic E-state index is 0.0768. The third kappa shape index (κ3) is 3.16. The zero-order valence-corrected chi connectivity index (χ0v) is 11.3. The molecule has 2 rings (SSSR count). The first-order valence-electron chi connectivity index (χ1n) is 5.99. The summed E-state index contributed by atoms with van der Waals surface area (Å²) in [6, 6.07) is 4.85. The van der Waals surface area contributed by atoms with Crippen LogP contribution in [-0.2, 0) is 12.8 Å². The summed E-state index contributed by atoms with van der Waals surface area (Å²) in [4.78, 5) is 0. The Hall–Kier alpha value is -2.49. The molecule has 0 bridgehead atoms. The van der Waals surface area contributed by atoms with Crippen molar-refractivity contribution in [3.63, 3.8) is 0 Å². The zero-order valence-electron chi connectivity index (χ0n) is 11.3. The second kappa shape index (κ2) is 5.48. The van der Waals surface area contributed by atoms with Gasteiger partial charge >= 0.3 is 6.18 Å². The van der Waals surface area contributed by atoms with Crippen LogP contribution in [0.1, 0.15) is 28.1 Å². The van der Waals surface area contributed by atoms with Gasteiger partial charge < -0.3 is 9.26 Å². The van der Waals surface area contributed by atoms with E-state index < -0.39 is 11.7 Å². The standard InChI is InChI=1S/C14H11F3N2O2/c1-8-11(9(2)21-19-8)7-20-13-4-3-10(6-18)5-12(13)14(15,16)17/h3-5H,7H2,1-2H3. The Labute approximate surface area is 118 Å². The molecule has 1 aromatic heterocycles. The Bertz CT molecular complexity index is 680. The first-order valence-corrected chi connectivity index (χ1v) is 5.99. The summed E-state index contributed by atoms with van der Waals surface area (Å²) in [6.45, 7) is 3.25. The normalized spacial score (nSPS) is 11.2. The van der Waals surface area contributed by atoms with E-state index in [1.54, 1.807) is 19.9 Å². The molecule has 0 fully saturated rings. The molecule has 0 saturated carbocycles. The molecule has 4 nitrogen and oxygen atoms in total. The first-order chi connectivity index (χ1) is 9.82. The number of benzene rings is 1. The van der Waals surface area contributed by atoms with Crippen LogP contribution in [0.2, 0.25) is 0 Å². The lowest BCUT2D eigenvalue weighted by atomic mass is 10.1. The van der Waals surface area contributed by atoms with Crippen LogP contribution in [0.5, 0.6) is 5.75 Å². The van der Waals surface area contributed by atoms with E-state index >= 15 is 0 Å². The highest BCUT2D eigenvalue weighted by Gasteiger charge is 2.34. The number of halogens is 3. The van der Waals surface area contributed by atoms with E-state index in [4.69, 9.17) is 14.5 Å². The molecule has 2 aromatic rings. The van der Waals surface area contributed by atoms with Gasteiger partial charge in [0.2, 0.25) is 0 Å². The number of aryl methyl sites for hydroxylation is 2. The molecular formula is C14H11F3N2O2. The van der Waals surface area contributed by atoms with E-state index in [1.165, 1.54) is 6.07 Å². The van der Waals surface area contributed by atoms with Gasteiger partial charge in [-0.2, -0.15) is 18.4 Å². The SMILES string of the molecule is Cc1noc(C)c1COc1ccc(C#N)cc1C(F)(F)F. The third-order valence-corrected chi connectivity index (χ3v) is 2.97. The van der Waals surface area contributed by atoms with Gasteiger partial charge in [0.1, 0.15) is 18.1 Å². The summed E-state index contributed by atoms with van der Waals surface area (Å²) in [7, 11) is 0. The fourth-order valence-corrected chi connectivity index (χ4v) is 1.80. The lowest BCUT2D eigenvalue weighted by Crippen LogP contribution is -2.09. The molecule has 1 aromatic carbocycles. The van der Waals surface area contributed by atoms with Crippen molar-refractivity contribution < 1.29 is 22.4 Å². The van der Waals surface area contributed by atoms with E-state index in [1.807, 2.05) is 0 Å². The highest BCUT2D eigenvalue weighted by Crippen LogP contribution is 2.37. The number of hydrogen-bond acceptors (Lipinski definition) is 4. The Morgan fingerprint density at radius 1 is 1.33 bits per heavy atom. The Morgan fingerprint density at radius 2 is 2.05 bits per heavy atom. The van der Waals surface area contributed by atoms with E-state index in [0.29, 0.717) is 17.0 Å². The number of alkyl halides is 3. The van der Waals surface area contributed by atoms with E-state index in [2.05, 4.69) is 5.16 Å². The van der Waals surface area contributed by atoms with Gasteiger partial charge in [-0.25, -0.2) is 0 Å². The minimum Gasteiger partial charge on any atom is -0.488 e. The summed E-state index contributed by atoms with van der Waals surface area (Å²) in [5, 5.41) is 12.4. The molecule has 0 spiro atoms. The summed E-state index contributed by atoms with van der Waals surface area (Å²) >= 11 is 0. The van der Waals surface area contributed by atoms with Crippen molar-refractivity contribution in [2.75, 3.05) is 0 Å². The molecule has 110 valence electrons. The first kappa shape index (κ1) is 14.9.